The molecule has 1 saturated carbocycles. The maximum Gasteiger partial charge on any atom is 0.152 e. The molecule has 4 rings (SSSR count). The number of carbonyl (C=O) groups excluding carboxylic acids is 1. The highest BCUT2D eigenvalue weighted by atomic mass is 16.5. The maximum atomic E-state index is 13.1. The molecule has 0 radical (unpaired) electrons. The van der Waals surface area contributed by atoms with Crippen molar-refractivity contribution in [3.63, 3.8) is 0 Å². The van der Waals surface area contributed by atoms with Gasteiger partial charge in [-0.25, -0.2) is 0 Å². The summed E-state index contributed by atoms with van der Waals surface area (Å²) >= 11 is 0. The summed E-state index contributed by atoms with van der Waals surface area (Å²) in [5.74, 6) is 1.15. The quantitative estimate of drug-likeness (QED) is 0.774. The Labute approximate surface area is 149 Å². The zero-order valence-electron chi connectivity index (χ0n) is 15.1. The molecule has 0 amide bonds. The van der Waals surface area contributed by atoms with Gasteiger partial charge in [0.2, 0.25) is 0 Å². The van der Waals surface area contributed by atoms with Crippen molar-refractivity contribution in [2.24, 2.45) is 5.41 Å². The van der Waals surface area contributed by atoms with Crippen molar-refractivity contribution >= 4 is 11.4 Å². The maximum absolute atomic E-state index is 13.1. The molecule has 0 aliphatic heterocycles. The Hall–Kier alpha value is -2.35. The van der Waals surface area contributed by atoms with Crippen LogP contribution in [0.2, 0.25) is 0 Å². The summed E-state index contributed by atoms with van der Waals surface area (Å²) in [6.45, 7) is 6.31. The van der Waals surface area contributed by atoms with Gasteiger partial charge in [0.25, 0.3) is 0 Å². The summed E-state index contributed by atoms with van der Waals surface area (Å²) in [7, 11) is 0. The first-order valence-electron chi connectivity index (χ1n) is 9.03. The van der Waals surface area contributed by atoms with E-state index < -0.39 is 5.41 Å². The summed E-state index contributed by atoms with van der Waals surface area (Å²) in [6.07, 6.45) is 1.52. The van der Waals surface area contributed by atoms with Crippen LogP contribution in [-0.2, 0) is 14.9 Å². The molecule has 2 heteroatoms. The monoisotopic (exact) mass is 332 g/mol. The van der Waals surface area contributed by atoms with E-state index in [0.29, 0.717) is 6.42 Å². The largest absolute Gasteiger partial charge is 0.494 e. The molecular formula is C23H24O2. The number of Topliss-reactive ketones (excluding diaryl/α,β-unsaturated/α-hetero) is 1. The molecule has 25 heavy (non-hydrogen) atoms. The van der Waals surface area contributed by atoms with E-state index in [1.807, 2.05) is 38.1 Å². The molecule has 2 nitrogen and oxygen atoms in total. The topological polar surface area (TPSA) is 26.3 Å². The molecule has 2 aliphatic carbocycles. The molecule has 0 saturated heterocycles. The fourth-order valence-electron chi connectivity index (χ4n) is 4.74. The molecule has 0 spiro atoms. The standard InChI is InChI=1S/C23H24O2/c1-16(2)25-21-19(17-10-6-4-7-11-17)14-22(3)15-20(24)23(21,22)18-12-8-5-9-13-18/h4-13,16H,14-15H2,1-3H3/t22-,23-/m0/s1. The second-order valence-electron chi connectivity index (χ2n) is 7.79. The average molecular weight is 332 g/mol. The molecule has 2 aromatic carbocycles. The zero-order chi connectivity index (χ0) is 17.7. The van der Waals surface area contributed by atoms with Gasteiger partial charge in [-0.2, -0.15) is 0 Å². The van der Waals surface area contributed by atoms with Crippen molar-refractivity contribution in [1.29, 1.82) is 0 Å². The average Bonchev–Trinajstić information content (AvgIpc) is 2.80. The predicted octanol–water partition coefficient (Wildman–Crippen LogP) is 5.14. The number of ketones is 1. The molecule has 0 aromatic heterocycles. The SMILES string of the molecule is CC(C)OC1=C(c2ccccc2)C[C@@]2(C)CC(=O)[C@@]12c1ccccc1. The highest BCUT2D eigenvalue weighted by molar-refractivity contribution is 6.05. The van der Waals surface area contributed by atoms with E-state index in [1.165, 1.54) is 5.57 Å². The number of rotatable bonds is 4. The van der Waals surface area contributed by atoms with Crippen molar-refractivity contribution in [2.75, 3.05) is 0 Å². The van der Waals surface area contributed by atoms with Crippen LogP contribution in [0.1, 0.15) is 44.7 Å². The minimum Gasteiger partial charge on any atom is -0.494 e. The Morgan fingerprint density at radius 3 is 2.08 bits per heavy atom. The van der Waals surface area contributed by atoms with Gasteiger partial charge in [-0.15, -0.1) is 0 Å². The second kappa shape index (κ2) is 5.59. The van der Waals surface area contributed by atoms with Crippen LogP contribution < -0.4 is 0 Å². The number of benzene rings is 2. The Morgan fingerprint density at radius 2 is 1.52 bits per heavy atom. The van der Waals surface area contributed by atoms with Crippen LogP contribution in [0.4, 0.5) is 0 Å². The number of allylic oxidation sites excluding steroid dienone is 2. The van der Waals surface area contributed by atoms with Gasteiger partial charge in [0.1, 0.15) is 11.2 Å². The molecule has 2 aromatic rings. The predicted molar refractivity (Wildman–Crippen MR) is 100 cm³/mol. The minimum absolute atomic E-state index is 0.0325. The van der Waals surface area contributed by atoms with Gasteiger partial charge < -0.3 is 4.74 Å². The number of fused-ring (bicyclic) bond motifs is 1. The van der Waals surface area contributed by atoms with Crippen molar-refractivity contribution in [3.8, 4) is 0 Å². The highest BCUT2D eigenvalue weighted by Crippen LogP contribution is 2.68. The van der Waals surface area contributed by atoms with Crippen LogP contribution in [0.25, 0.3) is 5.57 Å². The molecule has 0 N–H and O–H groups in total. The minimum atomic E-state index is -0.635. The van der Waals surface area contributed by atoms with Crippen molar-refractivity contribution < 1.29 is 9.53 Å². The summed E-state index contributed by atoms with van der Waals surface area (Å²) < 4.78 is 6.36. The second-order valence-corrected chi connectivity index (χ2v) is 7.79. The van der Waals surface area contributed by atoms with Crippen LogP contribution in [0.3, 0.4) is 0 Å². The van der Waals surface area contributed by atoms with E-state index in [-0.39, 0.29) is 17.3 Å². The lowest BCUT2D eigenvalue weighted by Gasteiger charge is -2.53. The first-order valence-corrected chi connectivity index (χ1v) is 9.03. The van der Waals surface area contributed by atoms with Gasteiger partial charge >= 0.3 is 0 Å². The van der Waals surface area contributed by atoms with Gasteiger partial charge in [-0.1, -0.05) is 67.6 Å². The van der Waals surface area contributed by atoms with Gasteiger partial charge in [0.05, 0.1) is 6.10 Å². The van der Waals surface area contributed by atoms with Gasteiger partial charge in [0, 0.05) is 11.8 Å². The molecular weight excluding hydrogens is 308 g/mol. The first kappa shape index (κ1) is 16.1. The zero-order valence-corrected chi connectivity index (χ0v) is 15.1. The number of hydrogen-bond donors (Lipinski definition) is 0. The van der Waals surface area contributed by atoms with E-state index in [2.05, 4.69) is 43.3 Å². The molecule has 2 atom stereocenters. The lowest BCUT2D eigenvalue weighted by molar-refractivity contribution is -0.144. The third-order valence-corrected chi connectivity index (χ3v) is 5.74. The Bertz CT molecular complexity index is 835. The van der Waals surface area contributed by atoms with E-state index in [9.17, 15) is 4.79 Å². The summed E-state index contributed by atoms with van der Waals surface area (Å²) in [4.78, 5) is 13.1. The van der Waals surface area contributed by atoms with E-state index in [4.69, 9.17) is 4.74 Å². The van der Waals surface area contributed by atoms with Crippen molar-refractivity contribution in [1.82, 2.24) is 0 Å². The lowest BCUT2D eigenvalue weighted by atomic mass is 9.48. The van der Waals surface area contributed by atoms with Crippen molar-refractivity contribution in [2.45, 2.75) is 45.1 Å². The molecule has 0 heterocycles. The van der Waals surface area contributed by atoms with Gasteiger partial charge in [-0.3, -0.25) is 4.79 Å². The van der Waals surface area contributed by atoms with Crippen molar-refractivity contribution in [3.05, 3.63) is 77.5 Å². The molecule has 0 bridgehead atoms. The van der Waals surface area contributed by atoms with Gasteiger partial charge in [0.15, 0.2) is 5.78 Å². The fraction of sp³-hybridized carbons (Fsp3) is 0.348. The van der Waals surface area contributed by atoms with E-state index in [0.717, 1.165) is 23.3 Å². The normalized spacial score (nSPS) is 28.1. The Kier molecular flexibility index (Phi) is 3.61. The fourth-order valence-corrected chi connectivity index (χ4v) is 4.74. The lowest BCUT2D eigenvalue weighted by Crippen LogP contribution is -2.60. The summed E-state index contributed by atoms with van der Waals surface area (Å²) in [5, 5.41) is 0. The molecule has 128 valence electrons. The van der Waals surface area contributed by atoms with Crippen LogP contribution in [0.5, 0.6) is 0 Å². The third-order valence-electron chi connectivity index (χ3n) is 5.74. The third kappa shape index (κ3) is 2.13. The van der Waals surface area contributed by atoms with Crippen LogP contribution >= 0.6 is 0 Å². The summed E-state index contributed by atoms with van der Waals surface area (Å²) in [5.41, 5.74) is 2.67. The van der Waals surface area contributed by atoms with Crippen LogP contribution in [0, 0.1) is 5.41 Å². The molecule has 0 unspecified atom stereocenters. The summed E-state index contributed by atoms with van der Waals surface area (Å²) in [6, 6.07) is 20.6. The van der Waals surface area contributed by atoms with Gasteiger partial charge in [-0.05, 0) is 37.0 Å². The Balaban J connectivity index is 1.98. The molecule has 1 fully saturated rings. The first-order chi connectivity index (χ1) is 12.0. The van der Waals surface area contributed by atoms with E-state index >= 15 is 0 Å². The van der Waals surface area contributed by atoms with Crippen LogP contribution in [-0.4, -0.2) is 11.9 Å². The van der Waals surface area contributed by atoms with Crippen LogP contribution in [0.15, 0.2) is 66.4 Å². The number of carbonyl (C=O) groups is 1. The number of ether oxygens (including phenoxy) is 1. The smallest absolute Gasteiger partial charge is 0.152 e. The highest BCUT2D eigenvalue weighted by Gasteiger charge is 2.70. The molecule has 2 aliphatic rings. The number of hydrogen-bond acceptors (Lipinski definition) is 2. The Morgan fingerprint density at radius 1 is 0.920 bits per heavy atom. The van der Waals surface area contributed by atoms with E-state index in [1.54, 1.807) is 0 Å².